The number of halogens is 1. The van der Waals surface area contributed by atoms with Gasteiger partial charge in [-0.05, 0) is 49.6 Å². The molecule has 3 aromatic rings. The minimum Gasteiger partial charge on any atom is -0.383 e. The molecule has 1 aromatic heterocycles. The molecule has 8 heteroatoms. The standard InChI is InChI=1S/C27H32FN5O2/c1-18-25(20-8-9-20)31-33(22-6-4-3-5-7-22)26(18)30-27(34)29-24-17-32(14-15-35-2)16-23(24)19-10-12-21(28)13-11-19/h3-7,10-13,20,23-24H,8-9,14-17H2,1-2H3,(H2,29,30,34)/t23-,24+/m0/s1. The monoisotopic (exact) mass is 477 g/mol. The molecule has 1 saturated heterocycles. The van der Waals surface area contributed by atoms with Gasteiger partial charge in [-0.25, -0.2) is 13.9 Å². The predicted octanol–water partition coefficient (Wildman–Crippen LogP) is 4.43. The van der Waals surface area contributed by atoms with Crippen molar-refractivity contribution in [1.82, 2.24) is 20.0 Å². The van der Waals surface area contributed by atoms with Crippen LogP contribution in [0.25, 0.3) is 5.69 Å². The molecule has 1 saturated carbocycles. The number of aromatic nitrogens is 2. The molecule has 35 heavy (non-hydrogen) atoms. The van der Waals surface area contributed by atoms with Crippen molar-refractivity contribution in [3.8, 4) is 5.69 Å². The summed E-state index contributed by atoms with van der Waals surface area (Å²) in [6, 6.07) is 16.1. The van der Waals surface area contributed by atoms with Crippen molar-refractivity contribution in [3.05, 3.63) is 77.2 Å². The molecule has 2 amide bonds. The highest BCUT2D eigenvalue weighted by Crippen LogP contribution is 2.43. The van der Waals surface area contributed by atoms with Crippen LogP contribution in [0.15, 0.2) is 54.6 Å². The summed E-state index contributed by atoms with van der Waals surface area (Å²) >= 11 is 0. The van der Waals surface area contributed by atoms with E-state index in [4.69, 9.17) is 9.84 Å². The summed E-state index contributed by atoms with van der Waals surface area (Å²) < 4.78 is 20.6. The lowest BCUT2D eigenvalue weighted by atomic mass is 9.94. The topological polar surface area (TPSA) is 71.4 Å². The lowest BCUT2D eigenvalue weighted by Crippen LogP contribution is -2.42. The van der Waals surface area contributed by atoms with Gasteiger partial charge in [0.05, 0.1) is 24.0 Å². The summed E-state index contributed by atoms with van der Waals surface area (Å²) in [6.45, 7) is 4.89. The summed E-state index contributed by atoms with van der Waals surface area (Å²) in [5.41, 5.74) is 3.99. The van der Waals surface area contributed by atoms with Gasteiger partial charge < -0.3 is 10.1 Å². The molecule has 184 valence electrons. The van der Waals surface area contributed by atoms with Crippen molar-refractivity contribution in [2.45, 2.75) is 37.6 Å². The van der Waals surface area contributed by atoms with Crippen molar-refractivity contribution in [1.29, 1.82) is 0 Å². The van der Waals surface area contributed by atoms with Crippen molar-refractivity contribution in [2.75, 3.05) is 38.7 Å². The fourth-order valence-electron chi connectivity index (χ4n) is 4.95. The minimum atomic E-state index is -0.266. The van der Waals surface area contributed by atoms with E-state index in [-0.39, 0.29) is 23.8 Å². The van der Waals surface area contributed by atoms with Gasteiger partial charge in [0.25, 0.3) is 0 Å². The number of likely N-dealkylation sites (tertiary alicyclic amines) is 1. The molecule has 1 aliphatic carbocycles. The van der Waals surface area contributed by atoms with Gasteiger partial charge in [0.2, 0.25) is 0 Å². The van der Waals surface area contributed by atoms with E-state index in [0.717, 1.165) is 48.4 Å². The molecule has 2 aromatic carbocycles. The van der Waals surface area contributed by atoms with Crippen LogP contribution in [0.3, 0.4) is 0 Å². The maximum absolute atomic E-state index is 13.5. The number of hydrogen-bond donors (Lipinski definition) is 2. The number of nitrogens with one attached hydrogen (secondary N) is 2. The van der Waals surface area contributed by atoms with Gasteiger partial charge in [-0.3, -0.25) is 10.2 Å². The number of carbonyl (C=O) groups excluding carboxylic acids is 1. The summed E-state index contributed by atoms with van der Waals surface area (Å²) in [7, 11) is 1.69. The van der Waals surface area contributed by atoms with Crippen LogP contribution in [0.2, 0.25) is 0 Å². The molecule has 0 bridgehead atoms. The average Bonchev–Trinajstić information content (AvgIpc) is 3.56. The number of hydrogen-bond acceptors (Lipinski definition) is 4. The number of carbonyl (C=O) groups is 1. The number of ether oxygens (including phenoxy) is 1. The molecule has 0 radical (unpaired) electrons. The largest absolute Gasteiger partial charge is 0.383 e. The average molecular weight is 478 g/mol. The third-order valence-corrected chi connectivity index (χ3v) is 6.98. The summed E-state index contributed by atoms with van der Waals surface area (Å²) in [5, 5.41) is 11.1. The van der Waals surface area contributed by atoms with E-state index in [9.17, 15) is 9.18 Å². The Bertz CT molecular complexity index is 1160. The highest BCUT2D eigenvalue weighted by Gasteiger charge is 2.35. The number of amides is 2. The Morgan fingerprint density at radius 3 is 2.54 bits per heavy atom. The van der Waals surface area contributed by atoms with Crippen LogP contribution in [0, 0.1) is 12.7 Å². The lowest BCUT2D eigenvalue weighted by molar-refractivity contribution is 0.159. The first-order valence-electron chi connectivity index (χ1n) is 12.2. The third kappa shape index (κ3) is 5.23. The van der Waals surface area contributed by atoms with E-state index in [0.29, 0.717) is 24.9 Å². The first-order chi connectivity index (χ1) is 17.0. The molecule has 2 atom stereocenters. The first-order valence-corrected chi connectivity index (χ1v) is 12.2. The highest BCUT2D eigenvalue weighted by atomic mass is 19.1. The number of urea groups is 1. The smallest absolute Gasteiger partial charge is 0.320 e. The Hall–Kier alpha value is -3.23. The first kappa shape index (κ1) is 23.5. The minimum absolute atomic E-state index is 0.0559. The molecule has 0 unspecified atom stereocenters. The van der Waals surface area contributed by atoms with Crippen LogP contribution in [0.1, 0.15) is 41.5 Å². The zero-order chi connectivity index (χ0) is 24.4. The van der Waals surface area contributed by atoms with E-state index in [1.165, 1.54) is 12.1 Å². The van der Waals surface area contributed by atoms with E-state index >= 15 is 0 Å². The van der Waals surface area contributed by atoms with Crippen LogP contribution in [0.4, 0.5) is 15.0 Å². The third-order valence-electron chi connectivity index (χ3n) is 6.98. The quantitative estimate of drug-likeness (QED) is 0.504. The number of nitrogens with zero attached hydrogens (tertiary/aromatic N) is 3. The van der Waals surface area contributed by atoms with Crippen molar-refractivity contribution < 1.29 is 13.9 Å². The molecule has 2 heterocycles. The van der Waals surface area contributed by atoms with Gasteiger partial charge in [0, 0.05) is 44.1 Å². The molecule has 2 aliphatic rings. The molecule has 5 rings (SSSR count). The van der Waals surface area contributed by atoms with Gasteiger partial charge in [-0.15, -0.1) is 0 Å². The van der Waals surface area contributed by atoms with E-state index in [2.05, 4.69) is 15.5 Å². The second-order valence-corrected chi connectivity index (χ2v) is 9.50. The molecule has 1 aliphatic heterocycles. The number of anilines is 1. The number of para-hydroxylation sites is 1. The van der Waals surface area contributed by atoms with Gasteiger partial charge in [-0.1, -0.05) is 30.3 Å². The summed E-state index contributed by atoms with van der Waals surface area (Å²) in [5.74, 6) is 0.959. The molecular weight excluding hydrogens is 445 g/mol. The van der Waals surface area contributed by atoms with Crippen LogP contribution < -0.4 is 10.6 Å². The van der Waals surface area contributed by atoms with E-state index in [1.54, 1.807) is 7.11 Å². The van der Waals surface area contributed by atoms with Crippen LogP contribution in [0.5, 0.6) is 0 Å². The molecule has 7 nitrogen and oxygen atoms in total. The summed E-state index contributed by atoms with van der Waals surface area (Å²) in [4.78, 5) is 15.6. The van der Waals surface area contributed by atoms with Crippen molar-refractivity contribution in [2.24, 2.45) is 0 Å². The molecule has 2 fully saturated rings. The number of benzene rings is 2. The second kappa shape index (κ2) is 10.2. The van der Waals surface area contributed by atoms with E-state index in [1.807, 2.05) is 54.1 Å². The highest BCUT2D eigenvalue weighted by molar-refractivity contribution is 5.90. The maximum atomic E-state index is 13.5. The number of methoxy groups -OCH3 is 1. The number of rotatable bonds is 8. The second-order valence-electron chi connectivity index (χ2n) is 9.50. The Kier molecular flexibility index (Phi) is 6.83. The van der Waals surface area contributed by atoms with Crippen molar-refractivity contribution in [3.63, 3.8) is 0 Å². The summed E-state index contributed by atoms with van der Waals surface area (Å²) in [6.07, 6.45) is 2.27. The van der Waals surface area contributed by atoms with Gasteiger partial charge in [0.1, 0.15) is 11.6 Å². The van der Waals surface area contributed by atoms with Gasteiger partial charge >= 0.3 is 6.03 Å². The molecule has 2 N–H and O–H groups in total. The maximum Gasteiger partial charge on any atom is 0.320 e. The normalized spacial score (nSPS) is 20.2. The Labute approximate surface area is 205 Å². The van der Waals surface area contributed by atoms with Crippen molar-refractivity contribution >= 4 is 11.8 Å². The molecule has 0 spiro atoms. The molecular formula is C27H32FN5O2. The SMILES string of the molecule is COCCN1C[C@@H](NC(=O)Nc2c(C)c(C3CC3)nn2-c2ccccc2)[C@H](c2ccc(F)cc2)C1. The fraction of sp³-hybridized carbons (Fsp3) is 0.407. The van der Waals surface area contributed by atoms with Gasteiger partial charge in [0.15, 0.2) is 0 Å². The van der Waals surface area contributed by atoms with Crippen LogP contribution >= 0.6 is 0 Å². The van der Waals surface area contributed by atoms with E-state index < -0.39 is 0 Å². The zero-order valence-electron chi connectivity index (χ0n) is 20.2. The zero-order valence-corrected chi connectivity index (χ0v) is 20.2. The predicted molar refractivity (Wildman–Crippen MR) is 134 cm³/mol. The Balaban J connectivity index is 1.36. The fourth-order valence-corrected chi connectivity index (χ4v) is 4.95. The lowest BCUT2D eigenvalue weighted by Gasteiger charge is -2.21. The van der Waals surface area contributed by atoms with Gasteiger partial charge in [-0.2, -0.15) is 5.10 Å². The Morgan fingerprint density at radius 1 is 1.11 bits per heavy atom. The Morgan fingerprint density at radius 2 is 1.86 bits per heavy atom. The van der Waals surface area contributed by atoms with Crippen LogP contribution in [-0.2, 0) is 4.74 Å². The van der Waals surface area contributed by atoms with Crippen LogP contribution in [-0.4, -0.2) is 60.1 Å².